The highest BCUT2D eigenvalue weighted by molar-refractivity contribution is 6.03. The van der Waals surface area contributed by atoms with E-state index in [0.717, 1.165) is 22.4 Å². The summed E-state index contributed by atoms with van der Waals surface area (Å²) >= 11 is 0. The standard InChI is InChI=1S/C28H36N4O3/c1-6-35-28(34)31-13-11-30(12-14-31)18-27(33)32-26(24-15-19(2)7-8-21(24)4)17-25(29-32)23-10-9-20(3)22(5)16-23/h7-10,15-16,26H,6,11-14,17-18H2,1-5H3/t26-/m1/s1. The maximum Gasteiger partial charge on any atom is 0.409 e. The number of rotatable bonds is 5. The van der Waals surface area contributed by atoms with Crippen LogP contribution in [0.3, 0.4) is 0 Å². The second kappa shape index (κ2) is 10.6. The first kappa shape index (κ1) is 24.9. The SMILES string of the molecule is CCOC(=O)N1CCN(CC(=O)N2N=C(c3ccc(C)c(C)c3)C[C@@H]2c2cc(C)ccc2C)CC1. The van der Waals surface area contributed by atoms with Crippen LogP contribution in [0.4, 0.5) is 4.79 Å². The predicted octanol–water partition coefficient (Wildman–Crippen LogP) is 4.37. The summed E-state index contributed by atoms with van der Waals surface area (Å²) in [5.41, 5.74) is 7.96. The molecule has 2 aromatic rings. The van der Waals surface area contributed by atoms with Crippen LogP contribution in [0.5, 0.6) is 0 Å². The number of carbonyl (C=O) groups excluding carboxylic acids is 2. The van der Waals surface area contributed by atoms with Crippen molar-refractivity contribution in [3.05, 3.63) is 69.8 Å². The Hall–Kier alpha value is -3.19. The fourth-order valence-corrected chi connectivity index (χ4v) is 4.76. The molecular weight excluding hydrogens is 440 g/mol. The molecule has 2 aliphatic heterocycles. The molecule has 0 spiro atoms. The maximum atomic E-state index is 13.6. The van der Waals surface area contributed by atoms with Crippen molar-refractivity contribution in [3.63, 3.8) is 0 Å². The number of hydrogen-bond donors (Lipinski definition) is 0. The third-order valence-corrected chi connectivity index (χ3v) is 7.06. The first-order chi connectivity index (χ1) is 16.8. The van der Waals surface area contributed by atoms with Gasteiger partial charge < -0.3 is 9.64 Å². The van der Waals surface area contributed by atoms with Gasteiger partial charge in [0, 0.05) is 32.6 Å². The summed E-state index contributed by atoms with van der Waals surface area (Å²) in [6, 6.07) is 12.7. The van der Waals surface area contributed by atoms with Crippen LogP contribution in [0.15, 0.2) is 41.5 Å². The minimum absolute atomic E-state index is 0.0145. The molecule has 7 nitrogen and oxygen atoms in total. The summed E-state index contributed by atoms with van der Waals surface area (Å²) in [5, 5.41) is 6.58. The zero-order chi connectivity index (χ0) is 25.1. The lowest BCUT2D eigenvalue weighted by atomic mass is 9.93. The van der Waals surface area contributed by atoms with Crippen molar-refractivity contribution < 1.29 is 14.3 Å². The van der Waals surface area contributed by atoms with E-state index in [2.05, 4.69) is 69.0 Å². The number of piperazine rings is 1. The molecule has 186 valence electrons. The molecule has 0 saturated carbocycles. The molecule has 2 aromatic carbocycles. The van der Waals surface area contributed by atoms with E-state index in [9.17, 15) is 9.59 Å². The average molecular weight is 477 g/mol. The van der Waals surface area contributed by atoms with Gasteiger partial charge in [0.05, 0.1) is 24.9 Å². The van der Waals surface area contributed by atoms with Gasteiger partial charge in [0.25, 0.3) is 5.91 Å². The lowest BCUT2D eigenvalue weighted by Crippen LogP contribution is -2.51. The summed E-state index contributed by atoms with van der Waals surface area (Å²) < 4.78 is 5.11. The normalized spacial score (nSPS) is 18.5. The highest BCUT2D eigenvalue weighted by Crippen LogP contribution is 2.35. The minimum Gasteiger partial charge on any atom is -0.450 e. The van der Waals surface area contributed by atoms with Gasteiger partial charge in [-0.15, -0.1) is 0 Å². The molecule has 2 amide bonds. The number of hydrogen-bond acceptors (Lipinski definition) is 5. The summed E-state index contributed by atoms with van der Waals surface area (Å²) in [6.07, 6.45) is 0.408. The van der Waals surface area contributed by atoms with Crippen LogP contribution in [0, 0.1) is 27.7 Å². The van der Waals surface area contributed by atoms with Gasteiger partial charge in [-0.25, -0.2) is 9.80 Å². The molecule has 4 rings (SSSR count). The molecule has 0 bridgehead atoms. The second-order valence-corrected chi connectivity index (χ2v) is 9.63. The average Bonchev–Trinajstić information content (AvgIpc) is 3.28. The first-order valence-electron chi connectivity index (χ1n) is 12.4. The van der Waals surface area contributed by atoms with Crippen molar-refractivity contribution in [1.82, 2.24) is 14.8 Å². The van der Waals surface area contributed by atoms with Gasteiger partial charge in [0.15, 0.2) is 0 Å². The quantitative estimate of drug-likeness (QED) is 0.643. The van der Waals surface area contributed by atoms with E-state index in [1.54, 1.807) is 9.91 Å². The molecule has 0 N–H and O–H groups in total. The highest BCUT2D eigenvalue weighted by Gasteiger charge is 2.35. The fourth-order valence-electron chi connectivity index (χ4n) is 4.76. The minimum atomic E-state index is -0.282. The summed E-state index contributed by atoms with van der Waals surface area (Å²) in [6.45, 7) is 13.2. The number of aryl methyl sites for hydroxylation is 4. The van der Waals surface area contributed by atoms with E-state index >= 15 is 0 Å². The fraction of sp³-hybridized carbons (Fsp3) is 0.464. The number of nitrogens with zero attached hydrogens (tertiary/aromatic N) is 4. The second-order valence-electron chi connectivity index (χ2n) is 9.63. The molecule has 0 aromatic heterocycles. The molecule has 2 aliphatic rings. The van der Waals surface area contributed by atoms with Crippen LogP contribution in [-0.2, 0) is 9.53 Å². The molecule has 7 heteroatoms. The van der Waals surface area contributed by atoms with Crippen molar-refractivity contribution in [1.29, 1.82) is 0 Å². The van der Waals surface area contributed by atoms with Crippen LogP contribution < -0.4 is 0 Å². The van der Waals surface area contributed by atoms with Gasteiger partial charge in [-0.3, -0.25) is 9.69 Å². The molecule has 2 heterocycles. The Labute approximate surface area is 208 Å². The van der Waals surface area contributed by atoms with Crippen molar-refractivity contribution in [2.24, 2.45) is 5.10 Å². The van der Waals surface area contributed by atoms with Crippen molar-refractivity contribution in [2.75, 3.05) is 39.3 Å². The smallest absolute Gasteiger partial charge is 0.409 e. The van der Waals surface area contributed by atoms with Crippen LogP contribution in [0.1, 0.15) is 52.8 Å². The van der Waals surface area contributed by atoms with Crippen LogP contribution in [-0.4, -0.2) is 71.9 Å². The Kier molecular flexibility index (Phi) is 7.55. The number of ether oxygens (including phenoxy) is 1. The molecule has 0 unspecified atom stereocenters. The van der Waals surface area contributed by atoms with Crippen LogP contribution >= 0.6 is 0 Å². The molecule has 1 saturated heterocycles. The molecule has 35 heavy (non-hydrogen) atoms. The van der Waals surface area contributed by atoms with E-state index in [4.69, 9.17) is 9.84 Å². The van der Waals surface area contributed by atoms with E-state index in [-0.39, 0.29) is 24.6 Å². The van der Waals surface area contributed by atoms with E-state index in [1.807, 2.05) is 6.92 Å². The van der Waals surface area contributed by atoms with Gasteiger partial charge in [0.2, 0.25) is 0 Å². The van der Waals surface area contributed by atoms with Crippen LogP contribution in [0.25, 0.3) is 0 Å². The monoisotopic (exact) mass is 476 g/mol. The van der Waals surface area contributed by atoms with Gasteiger partial charge >= 0.3 is 6.09 Å². The predicted molar refractivity (Wildman–Crippen MR) is 138 cm³/mol. The Bertz CT molecular complexity index is 1140. The third-order valence-electron chi connectivity index (χ3n) is 7.06. The van der Waals surface area contributed by atoms with Gasteiger partial charge in [-0.05, 0) is 68.5 Å². The Morgan fingerprint density at radius 2 is 1.66 bits per heavy atom. The summed E-state index contributed by atoms with van der Waals surface area (Å²) in [4.78, 5) is 29.4. The number of benzene rings is 2. The number of carbonyl (C=O) groups is 2. The largest absolute Gasteiger partial charge is 0.450 e. The van der Waals surface area contributed by atoms with Gasteiger partial charge in [-0.1, -0.05) is 35.9 Å². The topological polar surface area (TPSA) is 65.5 Å². The van der Waals surface area contributed by atoms with Gasteiger partial charge in [-0.2, -0.15) is 5.10 Å². The van der Waals surface area contributed by atoms with Gasteiger partial charge in [0.1, 0.15) is 0 Å². The van der Waals surface area contributed by atoms with Crippen LogP contribution in [0.2, 0.25) is 0 Å². The summed E-state index contributed by atoms with van der Waals surface area (Å²) in [5.74, 6) is -0.0145. The van der Waals surface area contributed by atoms with E-state index in [0.29, 0.717) is 39.2 Å². The van der Waals surface area contributed by atoms with Crippen molar-refractivity contribution in [2.45, 2.75) is 47.1 Å². The zero-order valence-electron chi connectivity index (χ0n) is 21.5. The number of amides is 2. The lowest BCUT2D eigenvalue weighted by molar-refractivity contribution is -0.134. The first-order valence-corrected chi connectivity index (χ1v) is 12.4. The Morgan fingerprint density at radius 3 is 2.34 bits per heavy atom. The maximum absolute atomic E-state index is 13.6. The highest BCUT2D eigenvalue weighted by atomic mass is 16.6. The molecular formula is C28H36N4O3. The Morgan fingerprint density at radius 1 is 0.943 bits per heavy atom. The van der Waals surface area contributed by atoms with E-state index in [1.165, 1.54) is 16.7 Å². The molecule has 1 atom stereocenters. The van der Waals surface area contributed by atoms with Crippen molar-refractivity contribution >= 4 is 17.7 Å². The number of hydrazone groups is 1. The molecule has 1 fully saturated rings. The van der Waals surface area contributed by atoms with E-state index < -0.39 is 0 Å². The lowest BCUT2D eigenvalue weighted by Gasteiger charge is -2.34. The Balaban J connectivity index is 1.54. The van der Waals surface area contributed by atoms with Crippen molar-refractivity contribution in [3.8, 4) is 0 Å². The molecule has 0 radical (unpaired) electrons. The third kappa shape index (κ3) is 5.56. The summed E-state index contributed by atoms with van der Waals surface area (Å²) in [7, 11) is 0. The zero-order valence-corrected chi connectivity index (χ0v) is 21.5. The molecule has 0 aliphatic carbocycles.